The number of para-hydroxylation sites is 1. The van der Waals surface area contributed by atoms with E-state index in [0.717, 1.165) is 13.0 Å². The molecule has 1 radical (unpaired) electrons. The first-order valence-electron chi connectivity index (χ1n) is 4.89. The Morgan fingerprint density at radius 1 is 1.21 bits per heavy atom. The Morgan fingerprint density at radius 3 is 2.05 bits per heavy atom. The molecule has 0 aromatic heterocycles. The van der Waals surface area contributed by atoms with E-state index >= 15 is 0 Å². The van der Waals surface area contributed by atoms with E-state index in [0.29, 0.717) is 0 Å². The zero-order valence-electron chi connectivity index (χ0n) is 10.2. The Labute approximate surface area is 111 Å². The third-order valence-corrected chi connectivity index (χ3v) is 3.71. The summed E-state index contributed by atoms with van der Waals surface area (Å²) in [4.78, 5) is 19.6. The molecule has 0 fully saturated rings. The Morgan fingerprint density at radius 2 is 1.68 bits per heavy atom. The van der Waals surface area contributed by atoms with Gasteiger partial charge in [-0.1, -0.05) is 0 Å². The molecule has 0 bridgehead atoms. The summed E-state index contributed by atoms with van der Waals surface area (Å²) in [5, 5.41) is 20.6. The smallest absolute Gasteiger partial charge is 0.248 e. The van der Waals surface area contributed by atoms with E-state index in [2.05, 4.69) is 5.32 Å². The van der Waals surface area contributed by atoms with E-state index in [1.807, 2.05) is 0 Å². The molecule has 1 amide bonds. The number of phenolic OH excluding ortho intramolecular Hbond substituents is 1. The maximum absolute atomic E-state index is 11.0. The van der Waals surface area contributed by atoms with Crippen LogP contribution in [0.1, 0.15) is 13.8 Å². The minimum absolute atomic E-state index is 0.00951. The van der Waals surface area contributed by atoms with Crippen molar-refractivity contribution in [2.24, 2.45) is 0 Å². The van der Waals surface area contributed by atoms with Gasteiger partial charge < -0.3 is 0 Å². The van der Waals surface area contributed by atoms with E-state index in [9.17, 15) is 13.6 Å². The summed E-state index contributed by atoms with van der Waals surface area (Å²) in [7, 11) is 0. The molecule has 0 aliphatic heterocycles. The average molecular weight is 334 g/mol. The van der Waals surface area contributed by atoms with Gasteiger partial charge in [-0.2, -0.15) is 0 Å². The summed E-state index contributed by atoms with van der Waals surface area (Å²) >= 11 is -5.15. The molecule has 8 nitrogen and oxygen atoms in total. The number of phenols is 1. The van der Waals surface area contributed by atoms with Gasteiger partial charge in [-0.25, -0.2) is 9.90 Å². The number of amides is 1. The monoisotopic (exact) mass is 334 g/mol. The van der Waals surface area contributed by atoms with Gasteiger partial charge in [-0.3, -0.25) is 0 Å². The van der Waals surface area contributed by atoms with Crippen LogP contribution in [0.4, 0.5) is 5.69 Å². The van der Waals surface area contributed by atoms with Crippen molar-refractivity contribution in [3.05, 3.63) is 18.2 Å². The van der Waals surface area contributed by atoms with Crippen molar-refractivity contribution in [1.29, 1.82) is 0 Å². The van der Waals surface area contributed by atoms with Gasteiger partial charge in [-0.15, -0.1) is 0 Å². The largest absolute Gasteiger partial charge is 0.352 e. The average Bonchev–Trinajstić information content (AvgIpc) is 2.17. The molecule has 0 aliphatic rings. The molecule has 0 atom stereocenters. The molecular weight excluding hydrogens is 321 g/mol. The third kappa shape index (κ3) is 6.66. The van der Waals surface area contributed by atoms with Crippen LogP contribution >= 0.6 is 0 Å². The predicted molar refractivity (Wildman–Crippen MR) is 64.3 cm³/mol. The topological polar surface area (TPSA) is 144 Å². The molecule has 1 rings (SSSR count). The fraction of sp³-hybridized carbons (Fsp3) is 0.200. The first-order valence-corrected chi connectivity index (χ1v) is 8.27. The summed E-state index contributed by atoms with van der Waals surface area (Å²) in [6, 6.07) is 3.83. The minimum Gasteiger partial charge on any atom is -0.248 e. The van der Waals surface area contributed by atoms with Crippen molar-refractivity contribution < 1.29 is 31.7 Å². The minimum atomic E-state index is -5.15. The molecule has 105 valence electrons. The number of nitrogens with one attached hydrogen (secondary N) is 1. The molecule has 9 heteroatoms. The van der Waals surface area contributed by atoms with Crippen LogP contribution in [0.2, 0.25) is 0 Å². The molecule has 0 aliphatic carbocycles. The molecule has 0 heterocycles. The van der Waals surface area contributed by atoms with Gasteiger partial charge >= 0.3 is 94.1 Å². The molecule has 0 unspecified atom stereocenters. The molecule has 0 saturated heterocycles. The number of hydrogen-bond donors (Lipinski definition) is 4. The molecule has 0 spiro atoms. The number of carbonyl (C=O) groups excluding carboxylic acids is 2. The fourth-order valence-corrected chi connectivity index (χ4v) is 2.48. The summed E-state index contributed by atoms with van der Waals surface area (Å²) in [6.07, 6.45) is 0. The first-order chi connectivity index (χ1) is 8.55. The number of rotatable bonds is 2. The Bertz CT molecular complexity index is 519. The van der Waals surface area contributed by atoms with Gasteiger partial charge in [0.1, 0.15) is 0 Å². The van der Waals surface area contributed by atoms with Gasteiger partial charge in [0, 0.05) is 6.92 Å². The van der Waals surface area contributed by atoms with E-state index < -0.39 is 36.1 Å². The quantitative estimate of drug-likeness (QED) is 0.398. The van der Waals surface area contributed by atoms with Crippen LogP contribution in [0.3, 0.4) is 0 Å². The number of carbonyl (C=O) groups is 2. The van der Waals surface area contributed by atoms with Crippen molar-refractivity contribution in [3.63, 3.8) is 0 Å². The van der Waals surface area contributed by atoms with E-state index in [1.165, 1.54) is 19.1 Å². The van der Waals surface area contributed by atoms with Gasteiger partial charge in [0.2, 0.25) is 0 Å². The van der Waals surface area contributed by atoms with Gasteiger partial charge in [0.15, 0.2) is 0 Å². The van der Waals surface area contributed by atoms with E-state index in [1.54, 1.807) is 0 Å². The Hall–Kier alpha value is -1.76. The van der Waals surface area contributed by atoms with Crippen LogP contribution < -0.4 is 9.67 Å². The Balaban J connectivity index is 0.000000711. The third-order valence-electron chi connectivity index (χ3n) is 1.64. The van der Waals surface area contributed by atoms with E-state index in [-0.39, 0.29) is 5.69 Å². The number of benzene rings is 1. The zero-order chi connectivity index (χ0) is 15.2. The standard InChI is InChI=1S/C8H10AsNO5.C2H3O2/c1-5(11)10-7-4-2-3-6(8(7)12)9(13,14)15;1-2(3)4/h2-4,12H,1H3,(H,10,11)(H2,13,14,15);1H3. The maximum atomic E-state index is 11.0. The molecule has 0 saturated carbocycles. The molecular formula is C10H13AsNO7. The van der Waals surface area contributed by atoms with Crippen molar-refractivity contribution >= 4 is 36.1 Å². The zero-order valence-corrected chi connectivity index (χ0v) is 12.0. The number of hydrogen-bond acceptors (Lipinski definition) is 4. The predicted octanol–water partition coefficient (Wildman–Crippen LogP) is -1.13. The van der Waals surface area contributed by atoms with Crippen molar-refractivity contribution in [2.75, 3.05) is 5.32 Å². The van der Waals surface area contributed by atoms with Crippen molar-refractivity contribution in [3.8, 4) is 5.75 Å². The van der Waals surface area contributed by atoms with Gasteiger partial charge in [-0.05, 0) is 0 Å². The van der Waals surface area contributed by atoms with Crippen LogP contribution in [0.15, 0.2) is 18.2 Å². The van der Waals surface area contributed by atoms with Crippen molar-refractivity contribution in [2.45, 2.75) is 13.8 Å². The van der Waals surface area contributed by atoms with Crippen LogP contribution in [-0.2, 0) is 18.4 Å². The maximum Gasteiger partial charge on any atom is 0.352 e. The number of anilines is 1. The van der Waals surface area contributed by atoms with Crippen molar-refractivity contribution in [1.82, 2.24) is 0 Å². The SMILES string of the molecule is CC(=O)Nc1cccc([As](=O)(O)O)c1O.CC([O])=O. The fourth-order valence-electron chi connectivity index (χ4n) is 1.06. The summed E-state index contributed by atoms with van der Waals surface area (Å²) in [6.45, 7) is 2.20. The van der Waals surface area contributed by atoms with E-state index in [4.69, 9.17) is 18.1 Å². The van der Waals surface area contributed by atoms with Crippen LogP contribution in [0.25, 0.3) is 0 Å². The first kappa shape index (κ1) is 17.2. The van der Waals surface area contributed by atoms with Crippen LogP contribution in [0.5, 0.6) is 5.75 Å². The van der Waals surface area contributed by atoms with Crippen LogP contribution in [-0.4, -0.2) is 39.3 Å². The summed E-state index contributed by atoms with van der Waals surface area (Å²) in [5.74, 6) is -2.10. The second-order valence-corrected chi connectivity index (χ2v) is 6.68. The molecule has 1 aromatic carbocycles. The summed E-state index contributed by atoms with van der Waals surface area (Å²) in [5.41, 5.74) is -0.00951. The second-order valence-electron chi connectivity index (χ2n) is 3.39. The molecule has 1 aromatic rings. The molecule has 4 N–H and O–H groups in total. The van der Waals surface area contributed by atoms with Gasteiger partial charge in [0.05, 0.1) is 0 Å². The Kier molecular flexibility index (Phi) is 6.34. The van der Waals surface area contributed by atoms with Crippen LogP contribution in [0, 0.1) is 0 Å². The summed E-state index contributed by atoms with van der Waals surface area (Å²) < 4.78 is 28.4. The second kappa shape index (κ2) is 6.98. The normalized spacial score (nSPS) is 10.1. The number of aromatic hydroxyl groups is 1. The van der Waals surface area contributed by atoms with Gasteiger partial charge in [0.25, 0.3) is 0 Å². The molecule has 19 heavy (non-hydrogen) atoms.